The average Bonchev–Trinajstić information content (AvgIpc) is 3.50. The third-order valence-corrected chi connectivity index (χ3v) is 6.75. The molecule has 1 aliphatic heterocycles. The van der Waals surface area contributed by atoms with Crippen molar-refractivity contribution in [3.63, 3.8) is 0 Å². The molecule has 44 heavy (non-hydrogen) atoms. The number of hydrogen-bond acceptors (Lipinski definition) is 10. The van der Waals surface area contributed by atoms with Crippen LogP contribution in [0.2, 0.25) is 0 Å². The first-order valence-electron chi connectivity index (χ1n) is 14.0. The SMILES string of the molecule is COCc1c(F)ccc(N2CC[C@](NC(=O)OC(C)(C)C)(C(=O)O)C2)c1Cn1cnc2c(NC(=O)OC(C)(C)C)ncnc21. The topological polar surface area (TPSA) is 170 Å². The molecule has 3 N–H and O–H groups in total. The standard InChI is InChI=1S/C29H38FN7O7/c1-27(2,3)43-25(40)34-22-21-23(32-15-31-22)37(16-33-21)12-17-18(13-42-7)19(30)8-9-20(17)36-11-10-29(14-36,24(38)39)35-26(41)44-28(4,5)6/h8-9,15-16H,10-14H2,1-7H3,(H,35,41)(H,38,39)(H,31,32,34,40)/t29-/m1/s1. The van der Waals surface area contributed by atoms with Crippen molar-refractivity contribution in [2.75, 3.05) is 30.4 Å². The van der Waals surface area contributed by atoms with Gasteiger partial charge >= 0.3 is 18.2 Å². The third kappa shape index (κ3) is 7.33. The lowest BCUT2D eigenvalue weighted by atomic mass is 9.99. The van der Waals surface area contributed by atoms with Gasteiger partial charge in [0.2, 0.25) is 0 Å². The number of anilines is 2. The van der Waals surface area contributed by atoms with E-state index in [1.165, 1.54) is 25.8 Å². The maximum absolute atomic E-state index is 15.2. The lowest BCUT2D eigenvalue weighted by Gasteiger charge is -2.29. The van der Waals surface area contributed by atoms with E-state index < -0.39 is 40.7 Å². The van der Waals surface area contributed by atoms with E-state index in [0.717, 1.165) is 0 Å². The summed E-state index contributed by atoms with van der Waals surface area (Å²) in [6, 6.07) is 2.87. The third-order valence-electron chi connectivity index (χ3n) is 6.75. The number of fused-ring (bicyclic) bond motifs is 1. The number of aromatic nitrogens is 4. The lowest BCUT2D eigenvalue weighted by Crippen LogP contribution is -2.57. The number of nitrogens with zero attached hydrogens (tertiary/aromatic N) is 5. The van der Waals surface area contributed by atoms with Crippen molar-refractivity contribution in [3.8, 4) is 0 Å². The molecule has 2 aromatic heterocycles. The van der Waals surface area contributed by atoms with Gasteiger partial charge < -0.3 is 34.1 Å². The normalized spacial score (nSPS) is 17.0. The van der Waals surface area contributed by atoms with Crippen LogP contribution in [0.25, 0.3) is 11.2 Å². The van der Waals surface area contributed by atoms with E-state index in [-0.39, 0.29) is 49.6 Å². The molecule has 0 bridgehead atoms. The molecule has 1 saturated heterocycles. The van der Waals surface area contributed by atoms with Crippen LogP contribution in [-0.2, 0) is 32.2 Å². The molecule has 15 heteroatoms. The van der Waals surface area contributed by atoms with Crippen molar-refractivity contribution >= 4 is 40.8 Å². The minimum absolute atomic E-state index is 0.0594. The van der Waals surface area contributed by atoms with Crippen LogP contribution in [0.3, 0.4) is 0 Å². The summed E-state index contributed by atoms with van der Waals surface area (Å²) in [6.07, 6.45) is 1.28. The number of alkyl carbamates (subject to hydrolysis) is 1. The number of rotatable bonds is 8. The van der Waals surface area contributed by atoms with Gasteiger partial charge in [-0.15, -0.1) is 0 Å². The summed E-state index contributed by atoms with van der Waals surface area (Å²) in [6.45, 7) is 10.4. The van der Waals surface area contributed by atoms with Gasteiger partial charge in [0.05, 0.1) is 26.0 Å². The van der Waals surface area contributed by atoms with Gasteiger partial charge in [-0.05, 0) is 53.7 Å². The van der Waals surface area contributed by atoms with E-state index >= 15 is 4.39 Å². The number of amides is 2. The van der Waals surface area contributed by atoms with Crippen LogP contribution in [0.4, 0.5) is 25.5 Å². The van der Waals surface area contributed by atoms with Crippen molar-refractivity contribution in [1.82, 2.24) is 24.8 Å². The minimum Gasteiger partial charge on any atom is -0.479 e. The molecule has 14 nitrogen and oxygen atoms in total. The second-order valence-corrected chi connectivity index (χ2v) is 12.5. The molecule has 1 aromatic carbocycles. The molecule has 0 radical (unpaired) electrons. The van der Waals surface area contributed by atoms with Crippen LogP contribution in [0.15, 0.2) is 24.8 Å². The number of carboxylic acid groups (broad SMARTS) is 1. The Morgan fingerprint density at radius 2 is 1.70 bits per heavy atom. The Morgan fingerprint density at radius 1 is 1.02 bits per heavy atom. The van der Waals surface area contributed by atoms with Crippen LogP contribution >= 0.6 is 0 Å². The van der Waals surface area contributed by atoms with Gasteiger partial charge in [-0.25, -0.2) is 33.7 Å². The van der Waals surface area contributed by atoms with Crippen molar-refractivity contribution in [1.29, 1.82) is 0 Å². The zero-order valence-corrected chi connectivity index (χ0v) is 25.9. The molecule has 0 saturated carbocycles. The maximum Gasteiger partial charge on any atom is 0.413 e. The van der Waals surface area contributed by atoms with Crippen LogP contribution in [-0.4, -0.2) is 79.7 Å². The number of carbonyl (C=O) groups is 3. The summed E-state index contributed by atoms with van der Waals surface area (Å²) in [5.41, 5.74) is -1.21. The number of carbonyl (C=O) groups excluding carboxylic acids is 2. The molecular formula is C29H38FN7O7. The fourth-order valence-corrected chi connectivity index (χ4v) is 4.93. The van der Waals surface area contributed by atoms with Gasteiger partial charge in [-0.3, -0.25) is 5.32 Å². The van der Waals surface area contributed by atoms with E-state index in [1.54, 1.807) is 57.1 Å². The number of halogens is 1. The Bertz CT molecular complexity index is 1560. The molecule has 1 aliphatic rings. The predicted molar refractivity (Wildman–Crippen MR) is 158 cm³/mol. The molecule has 0 unspecified atom stereocenters. The average molecular weight is 616 g/mol. The van der Waals surface area contributed by atoms with Gasteiger partial charge in [0.25, 0.3) is 0 Å². The molecule has 3 aromatic rings. The Labute approximate surface area is 253 Å². The van der Waals surface area contributed by atoms with Gasteiger partial charge in [-0.2, -0.15) is 0 Å². The number of methoxy groups -OCH3 is 1. The first-order valence-corrected chi connectivity index (χ1v) is 14.0. The molecule has 2 amide bonds. The van der Waals surface area contributed by atoms with Crippen LogP contribution in [0, 0.1) is 5.82 Å². The van der Waals surface area contributed by atoms with Crippen LogP contribution < -0.4 is 15.5 Å². The molecular weight excluding hydrogens is 577 g/mol. The Hall–Kier alpha value is -4.53. The smallest absolute Gasteiger partial charge is 0.413 e. The number of ether oxygens (including phenoxy) is 3. The first kappa shape index (κ1) is 32.4. The molecule has 238 valence electrons. The molecule has 0 spiro atoms. The number of imidazole rings is 1. The predicted octanol–water partition coefficient (Wildman–Crippen LogP) is 4.07. The highest BCUT2D eigenvalue weighted by Gasteiger charge is 2.47. The zero-order valence-electron chi connectivity index (χ0n) is 25.9. The quantitative estimate of drug-likeness (QED) is 0.334. The highest BCUT2D eigenvalue weighted by atomic mass is 19.1. The number of nitrogens with one attached hydrogen (secondary N) is 2. The zero-order chi connectivity index (χ0) is 32.4. The van der Waals surface area contributed by atoms with Crippen molar-refractivity contribution in [2.45, 2.75) is 77.9 Å². The summed E-state index contributed by atoms with van der Waals surface area (Å²) >= 11 is 0. The minimum atomic E-state index is -1.63. The summed E-state index contributed by atoms with van der Waals surface area (Å²) in [5.74, 6) is -1.58. The van der Waals surface area contributed by atoms with E-state index in [4.69, 9.17) is 14.2 Å². The van der Waals surface area contributed by atoms with E-state index in [2.05, 4.69) is 25.6 Å². The second-order valence-electron chi connectivity index (χ2n) is 12.5. The van der Waals surface area contributed by atoms with E-state index in [9.17, 15) is 19.5 Å². The number of carboxylic acids is 1. The Morgan fingerprint density at radius 3 is 2.34 bits per heavy atom. The Kier molecular flexibility index (Phi) is 9.00. The fourth-order valence-electron chi connectivity index (χ4n) is 4.93. The number of aliphatic carboxylic acids is 1. The molecule has 3 heterocycles. The fraction of sp³-hybridized carbons (Fsp3) is 0.517. The van der Waals surface area contributed by atoms with Gasteiger partial charge in [0.1, 0.15) is 23.3 Å². The molecule has 1 atom stereocenters. The summed E-state index contributed by atoms with van der Waals surface area (Å²) in [7, 11) is 1.44. The highest BCUT2D eigenvalue weighted by molar-refractivity contribution is 5.93. The van der Waals surface area contributed by atoms with Crippen molar-refractivity contribution < 1.29 is 38.1 Å². The maximum atomic E-state index is 15.2. The van der Waals surface area contributed by atoms with Crippen LogP contribution in [0.1, 0.15) is 59.1 Å². The largest absolute Gasteiger partial charge is 0.479 e. The van der Waals surface area contributed by atoms with Crippen LogP contribution in [0.5, 0.6) is 0 Å². The van der Waals surface area contributed by atoms with Gasteiger partial charge in [0.15, 0.2) is 22.5 Å². The lowest BCUT2D eigenvalue weighted by molar-refractivity contribution is -0.143. The van der Waals surface area contributed by atoms with Crippen molar-refractivity contribution in [2.24, 2.45) is 0 Å². The second kappa shape index (κ2) is 12.2. The Balaban J connectivity index is 1.69. The van der Waals surface area contributed by atoms with Gasteiger partial charge in [0, 0.05) is 36.9 Å². The van der Waals surface area contributed by atoms with E-state index in [1.807, 2.05) is 0 Å². The number of benzene rings is 1. The highest BCUT2D eigenvalue weighted by Crippen LogP contribution is 2.34. The number of hydrogen-bond donors (Lipinski definition) is 3. The molecule has 0 aliphatic carbocycles. The summed E-state index contributed by atoms with van der Waals surface area (Å²) in [4.78, 5) is 52.1. The molecule has 1 fully saturated rings. The van der Waals surface area contributed by atoms with Gasteiger partial charge in [-0.1, -0.05) is 0 Å². The van der Waals surface area contributed by atoms with Crippen molar-refractivity contribution in [3.05, 3.63) is 41.7 Å². The summed E-state index contributed by atoms with van der Waals surface area (Å²) < 4.78 is 32.8. The first-order chi connectivity index (χ1) is 20.5. The summed E-state index contributed by atoms with van der Waals surface area (Å²) in [5, 5.41) is 15.3. The monoisotopic (exact) mass is 615 g/mol. The van der Waals surface area contributed by atoms with E-state index in [0.29, 0.717) is 16.9 Å². The molecule has 4 rings (SSSR count).